The summed E-state index contributed by atoms with van der Waals surface area (Å²) in [7, 11) is -4.81. The highest BCUT2D eigenvalue weighted by Crippen LogP contribution is 2.43. The molecule has 1 aliphatic heterocycles. The zero-order valence-electron chi connectivity index (χ0n) is 11.4. The van der Waals surface area contributed by atoms with Crippen LogP contribution in [0.5, 0.6) is 0 Å². The molecule has 0 aliphatic carbocycles. The number of hydrogen-bond acceptors (Lipinski definition) is 7. The van der Waals surface area contributed by atoms with E-state index in [1.54, 1.807) is 0 Å². The minimum Gasteiger partial charge on any atom is -0.387 e. The molecule has 1 saturated heterocycles. The molecule has 0 saturated carbocycles. The van der Waals surface area contributed by atoms with E-state index in [2.05, 4.69) is 9.51 Å². The zero-order valence-corrected chi connectivity index (χ0v) is 12.3. The van der Waals surface area contributed by atoms with Gasteiger partial charge in [-0.3, -0.25) is 9.09 Å². The number of nitrogens with zero attached hydrogens (tertiary/aromatic N) is 2. The first-order valence-corrected chi connectivity index (χ1v) is 7.62. The highest BCUT2D eigenvalue weighted by atomic mass is 31.2. The number of hydrogen-bond donors (Lipinski definition) is 4. The van der Waals surface area contributed by atoms with Gasteiger partial charge >= 0.3 is 13.5 Å². The highest BCUT2D eigenvalue weighted by Gasteiger charge is 2.55. The summed E-state index contributed by atoms with van der Waals surface area (Å²) in [6.45, 7) is 0.237. The first kappa shape index (κ1) is 17.0. The minimum atomic E-state index is -4.81. The molecule has 0 aromatic carbocycles. The van der Waals surface area contributed by atoms with Crippen molar-refractivity contribution in [1.82, 2.24) is 9.55 Å². The van der Waals surface area contributed by atoms with Gasteiger partial charge in [-0.15, -0.1) is 0 Å². The molecule has 1 aromatic heterocycles. The van der Waals surface area contributed by atoms with Crippen molar-refractivity contribution in [2.45, 2.75) is 31.0 Å². The number of halogens is 1. The molecule has 124 valence electrons. The molecule has 1 aliphatic rings. The Morgan fingerprint density at radius 2 is 2.27 bits per heavy atom. The number of phosphoric ester groups is 1. The number of rotatable bonds is 4. The van der Waals surface area contributed by atoms with E-state index in [0.717, 1.165) is 17.7 Å². The van der Waals surface area contributed by atoms with Crippen molar-refractivity contribution in [3.8, 4) is 0 Å². The van der Waals surface area contributed by atoms with Crippen LogP contribution in [0.4, 0.5) is 10.2 Å². The molecular formula is C10H15FN3O7P. The van der Waals surface area contributed by atoms with Crippen molar-refractivity contribution in [2.24, 2.45) is 0 Å². The number of nitrogen functional groups attached to an aromatic ring is 1. The van der Waals surface area contributed by atoms with Gasteiger partial charge in [-0.25, -0.2) is 13.8 Å². The second-order valence-electron chi connectivity index (χ2n) is 4.95. The van der Waals surface area contributed by atoms with Gasteiger partial charge in [0.15, 0.2) is 11.9 Å². The Morgan fingerprint density at radius 3 is 2.82 bits per heavy atom. The van der Waals surface area contributed by atoms with Crippen LogP contribution >= 0.6 is 7.82 Å². The third-order valence-electron chi connectivity index (χ3n) is 3.23. The first-order chi connectivity index (χ1) is 10.0. The van der Waals surface area contributed by atoms with Gasteiger partial charge in [0, 0.05) is 6.20 Å². The van der Waals surface area contributed by atoms with Gasteiger partial charge in [-0.1, -0.05) is 0 Å². The van der Waals surface area contributed by atoms with E-state index < -0.39 is 44.2 Å². The van der Waals surface area contributed by atoms with Crippen LogP contribution in [-0.2, 0) is 13.8 Å². The van der Waals surface area contributed by atoms with Crippen LogP contribution in [0.3, 0.4) is 0 Å². The highest BCUT2D eigenvalue weighted by molar-refractivity contribution is 7.46. The molecule has 0 bridgehead atoms. The standard InChI is InChI=1S/C10H15FN3O7P/c1-10(11)7(15)5(4-20-22(17,18)19)21-8(10)14-3-2-6(12)13-9(14)16/h2-3,5,7-8,15H,4H2,1H3,(H2,12,13,16)(H2,17,18,19)/t5-,7?,8-,10?/m1/s1. The molecule has 10 nitrogen and oxygen atoms in total. The fourth-order valence-corrected chi connectivity index (χ4v) is 2.47. The molecule has 22 heavy (non-hydrogen) atoms. The molecule has 0 radical (unpaired) electrons. The number of ether oxygens (including phenoxy) is 1. The lowest BCUT2D eigenvalue weighted by atomic mass is 9.98. The summed E-state index contributed by atoms with van der Waals surface area (Å²) >= 11 is 0. The van der Waals surface area contributed by atoms with Crippen molar-refractivity contribution in [2.75, 3.05) is 12.3 Å². The van der Waals surface area contributed by atoms with Crippen LogP contribution in [0.25, 0.3) is 0 Å². The summed E-state index contributed by atoms with van der Waals surface area (Å²) in [6.07, 6.45) is -3.55. The van der Waals surface area contributed by atoms with Crippen LogP contribution in [0.15, 0.2) is 17.1 Å². The number of aliphatic hydroxyl groups is 1. The Bertz CT molecular complexity index is 660. The zero-order chi connectivity index (χ0) is 16.7. The van der Waals surface area contributed by atoms with Crippen molar-refractivity contribution in [3.63, 3.8) is 0 Å². The van der Waals surface area contributed by atoms with Crippen LogP contribution in [0.1, 0.15) is 13.2 Å². The maximum Gasteiger partial charge on any atom is 0.469 e. The molecule has 2 heterocycles. The van der Waals surface area contributed by atoms with E-state index in [0.29, 0.717) is 0 Å². The molecule has 2 unspecified atom stereocenters. The van der Waals surface area contributed by atoms with Gasteiger partial charge in [0.1, 0.15) is 18.0 Å². The summed E-state index contributed by atoms with van der Waals surface area (Å²) in [4.78, 5) is 32.4. The second kappa shape index (κ2) is 5.69. The first-order valence-electron chi connectivity index (χ1n) is 6.09. The fourth-order valence-electron chi connectivity index (χ4n) is 2.13. The lowest BCUT2D eigenvalue weighted by molar-refractivity contribution is -0.0604. The summed E-state index contributed by atoms with van der Waals surface area (Å²) in [5.41, 5.74) is 2.03. The number of aliphatic hydroxyl groups excluding tert-OH is 1. The Hall–Kier alpha value is -1.36. The maximum absolute atomic E-state index is 14.7. The summed E-state index contributed by atoms with van der Waals surface area (Å²) in [5, 5.41) is 9.90. The average Bonchev–Trinajstić information content (AvgIpc) is 2.59. The third kappa shape index (κ3) is 3.35. The van der Waals surface area contributed by atoms with E-state index in [1.807, 2.05) is 0 Å². The predicted octanol–water partition coefficient (Wildman–Crippen LogP) is -1.08. The number of aromatic nitrogens is 2. The van der Waals surface area contributed by atoms with E-state index in [1.165, 1.54) is 6.07 Å². The topological polar surface area (TPSA) is 157 Å². The minimum absolute atomic E-state index is 0.0678. The van der Waals surface area contributed by atoms with Gasteiger partial charge in [-0.2, -0.15) is 4.98 Å². The van der Waals surface area contributed by atoms with E-state index in [4.69, 9.17) is 20.3 Å². The van der Waals surface area contributed by atoms with Gasteiger partial charge < -0.3 is 25.4 Å². The van der Waals surface area contributed by atoms with Crippen molar-refractivity contribution < 1.29 is 33.1 Å². The smallest absolute Gasteiger partial charge is 0.387 e. The summed E-state index contributed by atoms with van der Waals surface area (Å²) < 4.78 is 35.5. The monoisotopic (exact) mass is 339 g/mol. The molecule has 4 atom stereocenters. The predicted molar refractivity (Wildman–Crippen MR) is 70.3 cm³/mol. The van der Waals surface area contributed by atoms with Crippen molar-refractivity contribution in [1.29, 1.82) is 0 Å². The molecule has 5 N–H and O–H groups in total. The molecule has 2 rings (SSSR count). The third-order valence-corrected chi connectivity index (χ3v) is 3.71. The van der Waals surface area contributed by atoms with E-state index in [-0.39, 0.29) is 5.82 Å². The van der Waals surface area contributed by atoms with Crippen LogP contribution in [-0.4, -0.2) is 48.9 Å². The van der Waals surface area contributed by atoms with Gasteiger partial charge in [-0.05, 0) is 13.0 Å². The SMILES string of the molecule is CC1(F)C(O)[C@@H](COP(=O)(O)O)O[C@H]1n1ccc(N)nc1=O. The maximum atomic E-state index is 14.7. The Balaban J connectivity index is 2.26. The molecular weight excluding hydrogens is 324 g/mol. The van der Waals surface area contributed by atoms with E-state index >= 15 is 0 Å². The molecule has 0 amide bonds. The lowest BCUT2D eigenvalue weighted by Gasteiger charge is -2.24. The summed E-state index contributed by atoms with van der Waals surface area (Å²) in [5.74, 6) is -0.0678. The number of anilines is 1. The van der Waals surface area contributed by atoms with E-state index in [9.17, 15) is 18.9 Å². The lowest BCUT2D eigenvalue weighted by Crippen LogP contribution is -2.43. The number of alkyl halides is 1. The molecule has 1 aromatic rings. The van der Waals surface area contributed by atoms with Crippen LogP contribution in [0, 0.1) is 0 Å². The quantitative estimate of drug-likeness (QED) is 0.501. The fraction of sp³-hybridized carbons (Fsp3) is 0.600. The van der Waals surface area contributed by atoms with Crippen molar-refractivity contribution in [3.05, 3.63) is 22.7 Å². The van der Waals surface area contributed by atoms with Crippen LogP contribution < -0.4 is 11.4 Å². The normalized spacial score (nSPS) is 32.3. The second-order valence-corrected chi connectivity index (χ2v) is 6.19. The largest absolute Gasteiger partial charge is 0.469 e. The van der Waals surface area contributed by atoms with Gasteiger partial charge in [0.25, 0.3) is 0 Å². The Morgan fingerprint density at radius 1 is 1.64 bits per heavy atom. The number of nitrogens with two attached hydrogens (primary N) is 1. The Labute approximate surface area is 123 Å². The molecule has 0 spiro atoms. The number of phosphoric acid groups is 1. The summed E-state index contributed by atoms with van der Waals surface area (Å²) in [6, 6.07) is 1.24. The van der Waals surface area contributed by atoms with Gasteiger partial charge in [0.2, 0.25) is 0 Å². The average molecular weight is 339 g/mol. The Kier molecular flexibility index (Phi) is 4.39. The van der Waals surface area contributed by atoms with Gasteiger partial charge in [0.05, 0.1) is 6.61 Å². The molecule has 1 fully saturated rings. The van der Waals surface area contributed by atoms with Crippen LogP contribution in [0.2, 0.25) is 0 Å². The molecule has 12 heteroatoms. The van der Waals surface area contributed by atoms with Crippen molar-refractivity contribution >= 4 is 13.6 Å².